The van der Waals surface area contributed by atoms with Crippen LogP contribution in [0.2, 0.25) is 0 Å². The number of esters is 1. The molecule has 20 heavy (non-hydrogen) atoms. The van der Waals surface area contributed by atoms with Crippen LogP contribution in [-0.4, -0.2) is 5.97 Å². The highest BCUT2D eigenvalue weighted by Gasteiger charge is 2.06. The normalized spacial score (nSPS) is 10.9. The largest absolute Gasteiger partial charge is 0.462 e. The molecule has 3 nitrogen and oxygen atoms in total. The van der Waals surface area contributed by atoms with Gasteiger partial charge >= 0.3 is 5.97 Å². The quantitative estimate of drug-likeness (QED) is 0.468. The molecule has 0 amide bonds. The van der Waals surface area contributed by atoms with E-state index in [2.05, 4.69) is 22.9 Å². The molecule has 0 aliphatic carbocycles. The first-order valence-corrected chi connectivity index (χ1v) is 7.12. The minimum Gasteiger partial charge on any atom is -0.462 e. The van der Waals surface area contributed by atoms with Crippen LogP contribution in [0.5, 0.6) is 5.75 Å². The van der Waals surface area contributed by atoms with Gasteiger partial charge in [0.1, 0.15) is 17.3 Å². The Morgan fingerprint density at radius 1 is 1.35 bits per heavy atom. The summed E-state index contributed by atoms with van der Waals surface area (Å²) in [6.45, 7) is 3.92. The molecule has 0 bridgehead atoms. The maximum atomic E-state index is 11.7. The van der Waals surface area contributed by atoms with Crippen molar-refractivity contribution in [1.82, 2.24) is 0 Å². The van der Waals surface area contributed by atoms with Crippen LogP contribution in [-0.2, 0) is 11.2 Å². The topological polar surface area (TPSA) is 39.4 Å². The maximum Gasteiger partial charge on any atom is 0.336 e. The molecule has 2 aromatic rings. The number of benzene rings is 1. The van der Waals surface area contributed by atoms with Crippen molar-refractivity contribution in [1.29, 1.82) is 0 Å². The van der Waals surface area contributed by atoms with Crippen molar-refractivity contribution in [2.24, 2.45) is 0 Å². The Hall–Kier alpha value is -1.81. The molecule has 0 N–H and O–H groups in total. The average Bonchev–Trinajstić information content (AvgIpc) is 2.84. The molecule has 0 saturated carbocycles. The Morgan fingerprint density at radius 2 is 2.15 bits per heavy atom. The van der Waals surface area contributed by atoms with Gasteiger partial charge in [-0.1, -0.05) is 13.0 Å². The SMILES string of the molecule is CCc1ccc(OC(=O)C=Cc2ccc(C)o2)c(Br)c1. The Labute approximate surface area is 126 Å². The summed E-state index contributed by atoms with van der Waals surface area (Å²) in [5.41, 5.74) is 1.18. The maximum absolute atomic E-state index is 11.7. The molecule has 1 aromatic carbocycles. The van der Waals surface area contributed by atoms with Crippen LogP contribution < -0.4 is 4.74 Å². The van der Waals surface area contributed by atoms with Gasteiger partial charge in [-0.05, 0) is 65.2 Å². The van der Waals surface area contributed by atoms with E-state index in [0.29, 0.717) is 11.5 Å². The Bertz CT molecular complexity index is 641. The second-order valence-corrected chi connectivity index (χ2v) is 5.18. The van der Waals surface area contributed by atoms with Gasteiger partial charge in [-0.3, -0.25) is 0 Å². The molecule has 0 radical (unpaired) electrons. The molecule has 1 aromatic heterocycles. The molecule has 0 unspecified atom stereocenters. The van der Waals surface area contributed by atoms with Crippen molar-refractivity contribution in [3.05, 3.63) is 58.0 Å². The van der Waals surface area contributed by atoms with E-state index in [1.54, 1.807) is 18.2 Å². The van der Waals surface area contributed by atoms with Crippen molar-refractivity contribution < 1.29 is 13.9 Å². The molecule has 2 rings (SSSR count). The average molecular weight is 335 g/mol. The first-order valence-electron chi connectivity index (χ1n) is 6.33. The predicted molar refractivity (Wildman–Crippen MR) is 81.6 cm³/mol. The second kappa shape index (κ2) is 6.57. The molecule has 0 fully saturated rings. The summed E-state index contributed by atoms with van der Waals surface area (Å²) < 4.78 is 11.4. The third kappa shape index (κ3) is 3.84. The number of carbonyl (C=O) groups is 1. The monoisotopic (exact) mass is 334 g/mol. The number of hydrogen-bond donors (Lipinski definition) is 0. The smallest absolute Gasteiger partial charge is 0.336 e. The minimum atomic E-state index is -0.441. The Kier molecular flexibility index (Phi) is 4.79. The predicted octanol–water partition coefficient (Wildman–Crippen LogP) is 4.53. The van der Waals surface area contributed by atoms with Crippen LogP contribution in [0.25, 0.3) is 6.08 Å². The molecule has 104 valence electrons. The number of ether oxygens (including phenoxy) is 1. The Balaban J connectivity index is 2.03. The van der Waals surface area contributed by atoms with E-state index < -0.39 is 5.97 Å². The highest BCUT2D eigenvalue weighted by Crippen LogP contribution is 2.26. The van der Waals surface area contributed by atoms with E-state index in [9.17, 15) is 4.79 Å². The standard InChI is InChI=1S/C16H15BrO3/c1-3-12-5-8-15(14(17)10-12)20-16(18)9-7-13-6-4-11(2)19-13/h4-10H,3H2,1-2H3. The van der Waals surface area contributed by atoms with Gasteiger partial charge in [0.05, 0.1) is 4.47 Å². The summed E-state index contributed by atoms with van der Waals surface area (Å²) >= 11 is 3.40. The van der Waals surface area contributed by atoms with Crippen LogP contribution in [0.3, 0.4) is 0 Å². The highest BCUT2D eigenvalue weighted by molar-refractivity contribution is 9.10. The van der Waals surface area contributed by atoms with Gasteiger partial charge in [0.2, 0.25) is 0 Å². The third-order valence-electron chi connectivity index (χ3n) is 2.76. The summed E-state index contributed by atoms with van der Waals surface area (Å²) in [6.07, 6.45) is 3.87. The fourth-order valence-corrected chi connectivity index (χ4v) is 2.19. The van der Waals surface area contributed by atoms with E-state index in [0.717, 1.165) is 16.7 Å². The van der Waals surface area contributed by atoms with Gasteiger partial charge in [-0.25, -0.2) is 4.79 Å². The van der Waals surface area contributed by atoms with Crippen LogP contribution in [0.15, 0.2) is 45.3 Å². The number of halogens is 1. The van der Waals surface area contributed by atoms with Crippen molar-refractivity contribution in [2.45, 2.75) is 20.3 Å². The number of rotatable bonds is 4. The summed E-state index contributed by atoms with van der Waals surface area (Å²) in [6, 6.07) is 9.30. The van der Waals surface area contributed by atoms with Gasteiger partial charge < -0.3 is 9.15 Å². The van der Waals surface area contributed by atoms with E-state index >= 15 is 0 Å². The lowest BCUT2D eigenvalue weighted by molar-refractivity contribution is -0.128. The first-order chi connectivity index (χ1) is 9.58. The van der Waals surface area contributed by atoms with Crippen LogP contribution in [0.4, 0.5) is 0 Å². The van der Waals surface area contributed by atoms with Crippen molar-refractivity contribution >= 4 is 28.0 Å². The number of aryl methyl sites for hydroxylation is 2. The minimum absolute atomic E-state index is 0.441. The number of furan rings is 1. The Morgan fingerprint density at radius 3 is 2.75 bits per heavy atom. The lowest BCUT2D eigenvalue weighted by Gasteiger charge is -2.05. The van der Waals surface area contributed by atoms with Crippen LogP contribution in [0.1, 0.15) is 24.0 Å². The molecule has 4 heteroatoms. The zero-order valence-electron chi connectivity index (χ0n) is 11.4. The molecule has 1 heterocycles. The van der Waals surface area contributed by atoms with E-state index in [1.165, 1.54) is 11.6 Å². The van der Waals surface area contributed by atoms with Gasteiger partial charge in [-0.15, -0.1) is 0 Å². The van der Waals surface area contributed by atoms with E-state index in [-0.39, 0.29) is 0 Å². The van der Waals surface area contributed by atoms with Gasteiger partial charge in [0.15, 0.2) is 0 Å². The molecular formula is C16H15BrO3. The number of hydrogen-bond acceptors (Lipinski definition) is 3. The van der Waals surface area contributed by atoms with Crippen LogP contribution >= 0.6 is 15.9 Å². The third-order valence-corrected chi connectivity index (χ3v) is 3.38. The second-order valence-electron chi connectivity index (χ2n) is 4.32. The van der Waals surface area contributed by atoms with E-state index in [1.807, 2.05) is 25.1 Å². The lowest BCUT2D eigenvalue weighted by Crippen LogP contribution is -2.04. The molecule has 0 saturated heterocycles. The fraction of sp³-hybridized carbons (Fsp3) is 0.188. The fourth-order valence-electron chi connectivity index (χ4n) is 1.68. The molecule has 0 aliphatic rings. The molecular weight excluding hydrogens is 320 g/mol. The first kappa shape index (κ1) is 14.6. The summed E-state index contributed by atoms with van der Waals surface area (Å²) in [7, 11) is 0. The summed E-state index contributed by atoms with van der Waals surface area (Å²) in [5, 5.41) is 0. The van der Waals surface area contributed by atoms with Crippen molar-refractivity contribution in [3.63, 3.8) is 0 Å². The molecule has 0 atom stereocenters. The van der Waals surface area contributed by atoms with Crippen LogP contribution in [0, 0.1) is 6.92 Å². The number of carbonyl (C=O) groups excluding carboxylic acids is 1. The highest BCUT2D eigenvalue weighted by atomic mass is 79.9. The van der Waals surface area contributed by atoms with Gasteiger partial charge in [0, 0.05) is 6.08 Å². The van der Waals surface area contributed by atoms with E-state index in [4.69, 9.17) is 9.15 Å². The molecule has 0 spiro atoms. The van der Waals surface area contributed by atoms with Gasteiger partial charge in [-0.2, -0.15) is 0 Å². The summed E-state index contributed by atoms with van der Waals surface area (Å²) in [5.74, 6) is 1.49. The van der Waals surface area contributed by atoms with Crippen molar-refractivity contribution in [2.75, 3.05) is 0 Å². The zero-order valence-corrected chi connectivity index (χ0v) is 12.9. The van der Waals surface area contributed by atoms with Gasteiger partial charge in [0.25, 0.3) is 0 Å². The molecule has 0 aliphatic heterocycles. The zero-order chi connectivity index (χ0) is 14.5. The lowest BCUT2D eigenvalue weighted by atomic mass is 10.2. The summed E-state index contributed by atoms with van der Waals surface area (Å²) in [4.78, 5) is 11.7. The van der Waals surface area contributed by atoms with Crippen molar-refractivity contribution in [3.8, 4) is 5.75 Å².